The Morgan fingerprint density at radius 2 is 1.95 bits per heavy atom. The van der Waals surface area contributed by atoms with E-state index in [0.29, 0.717) is 11.0 Å². The fourth-order valence-electron chi connectivity index (χ4n) is 1.42. The van der Waals surface area contributed by atoms with Gasteiger partial charge in [0.1, 0.15) is 10.7 Å². The second-order valence-electron chi connectivity index (χ2n) is 3.95. The number of nitrogens with zero attached hydrogens (tertiary/aromatic N) is 1. The van der Waals surface area contributed by atoms with Gasteiger partial charge in [0.25, 0.3) is 0 Å². The van der Waals surface area contributed by atoms with E-state index in [4.69, 9.17) is 0 Å². The largest absolute Gasteiger partial charge is 0.369 e. The van der Waals surface area contributed by atoms with Crippen LogP contribution in [0.25, 0.3) is 0 Å². The van der Waals surface area contributed by atoms with Crippen molar-refractivity contribution in [2.24, 2.45) is 0 Å². The highest BCUT2D eigenvalue weighted by atomic mass is 79.9. The summed E-state index contributed by atoms with van der Waals surface area (Å²) in [6, 6.07) is 1.40. The van der Waals surface area contributed by atoms with Crippen molar-refractivity contribution in [3.63, 3.8) is 0 Å². The highest BCUT2D eigenvalue weighted by molar-refractivity contribution is 9.10. The Bertz CT molecular complexity index is 691. The lowest BCUT2D eigenvalue weighted by atomic mass is 10.4. The number of anilines is 1. The summed E-state index contributed by atoms with van der Waals surface area (Å²) in [6.07, 6.45) is 1.47. The molecular formula is C10H17BrN4O4S2. The molecule has 11 heteroatoms. The lowest BCUT2D eigenvalue weighted by molar-refractivity contribution is 0.578. The third-order valence-corrected chi connectivity index (χ3v) is 5.70. The van der Waals surface area contributed by atoms with E-state index in [1.165, 1.54) is 19.3 Å². The monoisotopic (exact) mass is 400 g/mol. The predicted molar refractivity (Wildman–Crippen MR) is 84.1 cm³/mol. The minimum Gasteiger partial charge on any atom is -0.369 e. The maximum Gasteiger partial charge on any atom is 0.244 e. The zero-order chi connectivity index (χ0) is 16.1. The lowest BCUT2D eigenvalue weighted by Crippen LogP contribution is -2.33. The van der Waals surface area contributed by atoms with Crippen LogP contribution in [0.15, 0.2) is 21.6 Å². The first-order chi connectivity index (χ1) is 9.72. The Balaban J connectivity index is 2.95. The minimum absolute atomic E-state index is 0.0411. The molecule has 1 aromatic heterocycles. The Morgan fingerprint density at radius 3 is 2.52 bits per heavy atom. The van der Waals surface area contributed by atoms with Crippen molar-refractivity contribution in [1.29, 1.82) is 0 Å². The molecule has 0 radical (unpaired) electrons. The second-order valence-corrected chi connectivity index (χ2v) is 8.65. The highest BCUT2D eigenvalue weighted by Crippen LogP contribution is 2.22. The van der Waals surface area contributed by atoms with Gasteiger partial charge in [-0.1, -0.05) is 0 Å². The van der Waals surface area contributed by atoms with Crippen LogP contribution in [0.3, 0.4) is 0 Å². The van der Waals surface area contributed by atoms with Crippen LogP contribution in [0.5, 0.6) is 0 Å². The van der Waals surface area contributed by atoms with Crippen molar-refractivity contribution in [1.82, 2.24) is 14.4 Å². The van der Waals surface area contributed by atoms with E-state index >= 15 is 0 Å². The second kappa shape index (κ2) is 7.49. The van der Waals surface area contributed by atoms with E-state index in [9.17, 15) is 16.8 Å². The van der Waals surface area contributed by atoms with Crippen molar-refractivity contribution < 1.29 is 16.8 Å². The number of halogens is 1. The summed E-state index contributed by atoms with van der Waals surface area (Å²) in [7, 11) is -6.06. The van der Waals surface area contributed by atoms with Crippen LogP contribution in [-0.2, 0) is 20.0 Å². The molecule has 8 nitrogen and oxygen atoms in total. The quantitative estimate of drug-likeness (QED) is 0.569. The van der Waals surface area contributed by atoms with Gasteiger partial charge in [0.15, 0.2) is 0 Å². The van der Waals surface area contributed by atoms with E-state index in [2.05, 4.69) is 35.7 Å². The van der Waals surface area contributed by atoms with Gasteiger partial charge in [-0.15, -0.1) is 0 Å². The number of sulfonamides is 2. The number of aromatic nitrogens is 1. The summed E-state index contributed by atoms with van der Waals surface area (Å²) in [5, 5.41) is 2.85. The Labute approximate surface area is 133 Å². The van der Waals surface area contributed by atoms with E-state index < -0.39 is 20.0 Å². The van der Waals surface area contributed by atoms with Crippen molar-refractivity contribution in [3.05, 3.63) is 16.7 Å². The molecule has 1 rings (SSSR count). The van der Waals surface area contributed by atoms with Gasteiger partial charge >= 0.3 is 0 Å². The Kier molecular flexibility index (Phi) is 6.53. The third-order valence-electron chi connectivity index (χ3n) is 2.43. The SMILES string of the molecule is CCNc1ncc(Br)cc1S(=O)(=O)NCCS(=O)(=O)NC. The van der Waals surface area contributed by atoms with Gasteiger partial charge < -0.3 is 5.32 Å². The summed E-state index contributed by atoms with van der Waals surface area (Å²) < 4.78 is 51.9. The van der Waals surface area contributed by atoms with Crippen LogP contribution in [0, 0.1) is 0 Å². The summed E-state index contributed by atoms with van der Waals surface area (Å²) >= 11 is 3.16. The standard InChI is InChI=1S/C10H17BrN4O4S2/c1-3-13-10-9(6-8(11)7-14-10)21(18,19)15-4-5-20(16,17)12-2/h6-7,12,15H,3-5H2,1-2H3,(H,13,14). The van der Waals surface area contributed by atoms with Crippen molar-refractivity contribution in [3.8, 4) is 0 Å². The summed E-state index contributed by atoms with van der Waals surface area (Å²) in [4.78, 5) is 3.96. The molecule has 3 N–H and O–H groups in total. The molecule has 21 heavy (non-hydrogen) atoms. The molecule has 120 valence electrons. The van der Waals surface area contributed by atoms with E-state index in [0.717, 1.165) is 0 Å². The molecule has 1 aromatic rings. The van der Waals surface area contributed by atoms with E-state index in [1.807, 2.05) is 6.92 Å². The molecule has 0 aliphatic heterocycles. The van der Waals surface area contributed by atoms with Crippen LogP contribution in [-0.4, -0.2) is 47.7 Å². The number of rotatable bonds is 8. The van der Waals surface area contributed by atoms with Crippen LogP contribution in [0.1, 0.15) is 6.92 Å². The molecule has 0 unspecified atom stereocenters. The molecule has 0 aromatic carbocycles. The molecule has 0 spiro atoms. The minimum atomic E-state index is -3.86. The van der Waals surface area contributed by atoms with Gasteiger partial charge in [0, 0.05) is 23.8 Å². The molecule has 0 bridgehead atoms. The van der Waals surface area contributed by atoms with Gasteiger partial charge in [-0.25, -0.2) is 31.3 Å². The molecule has 0 aliphatic rings. The fourth-order valence-corrected chi connectivity index (χ4v) is 3.79. The predicted octanol–water partition coefficient (Wildman–Crippen LogP) is 0.103. The van der Waals surface area contributed by atoms with Gasteiger partial charge in [0.05, 0.1) is 5.75 Å². The fraction of sp³-hybridized carbons (Fsp3) is 0.500. The first kappa shape index (κ1) is 18.3. The summed E-state index contributed by atoms with van der Waals surface area (Å²) in [6.45, 7) is 2.09. The first-order valence-corrected chi connectivity index (χ1v) is 9.95. The first-order valence-electron chi connectivity index (χ1n) is 6.02. The van der Waals surface area contributed by atoms with E-state index in [-0.39, 0.29) is 23.0 Å². The number of pyridine rings is 1. The molecular weight excluding hydrogens is 384 g/mol. The van der Waals surface area contributed by atoms with Crippen molar-refractivity contribution in [2.45, 2.75) is 11.8 Å². The molecule has 0 saturated heterocycles. The van der Waals surface area contributed by atoms with Gasteiger partial charge in [-0.2, -0.15) is 0 Å². The average molecular weight is 401 g/mol. The number of hydrogen-bond donors (Lipinski definition) is 3. The lowest BCUT2D eigenvalue weighted by Gasteiger charge is -2.12. The summed E-state index contributed by atoms with van der Waals surface area (Å²) in [5.41, 5.74) is 0. The van der Waals surface area contributed by atoms with E-state index in [1.54, 1.807) is 0 Å². The summed E-state index contributed by atoms with van der Waals surface area (Å²) in [5.74, 6) is -0.134. The zero-order valence-electron chi connectivity index (χ0n) is 11.6. The highest BCUT2D eigenvalue weighted by Gasteiger charge is 2.20. The smallest absolute Gasteiger partial charge is 0.244 e. The molecule has 0 aliphatic carbocycles. The van der Waals surface area contributed by atoms with Crippen LogP contribution < -0.4 is 14.8 Å². The Morgan fingerprint density at radius 1 is 1.29 bits per heavy atom. The molecule has 0 amide bonds. The number of hydrogen-bond acceptors (Lipinski definition) is 6. The molecule has 1 heterocycles. The normalized spacial score (nSPS) is 12.3. The molecule has 0 fully saturated rings. The third kappa shape index (κ3) is 5.51. The zero-order valence-corrected chi connectivity index (χ0v) is 14.8. The Hall–Kier alpha value is -0.750. The average Bonchev–Trinajstić information content (AvgIpc) is 2.40. The maximum atomic E-state index is 12.2. The number of nitrogens with one attached hydrogen (secondary N) is 3. The van der Waals surface area contributed by atoms with Crippen molar-refractivity contribution in [2.75, 3.05) is 31.2 Å². The van der Waals surface area contributed by atoms with Gasteiger partial charge in [0.2, 0.25) is 20.0 Å². The van der Waals surface area contributed by atoms with Gasteiger partial charge in [-0.05, 0) is 36.0 Å². The molecule has 0 saturated carbocycles. The molecule has 0 atom stereocenters. The van der Waals surface area contributed by atoms with Gasteiger partial charge in [-0.3, -0.25) is 0 Å². The van der Waals surface area contributed by atoms with Crippen molar-refractivity contribution >= 4 is 41.8 Å². The van der Waals surface area contributed by atoms with Crippen LogP contribution in [0.2, 0.25) is 0 Å². The van der Waals surface area contributed by atoms with Crippen LogP contribution >= 0.6 is 15.9 Å². The topological polar surface area (TPSA) is 117 Å². The maximum absolute atomic E-state index is 12.2. The van der Waals surface area contributed by atoms with Crippen LogP contribution in [0.4, 0.5) is 5.82 Å².